The molecule has 0 bridgehead atoms. The van der Waals surface area contributed by atoms with Gasteiger partial charge >= 0.3 is 0 Å². The van der Waals surface area contributed by atoms with Crippen LogP contribution in [0.1, 0.15) is 20.3 Å². The van der Waals surface area contributed by atoms with E-state index in [2.05, 4.69) is 10.6 Å². The number of rotatable bonds is 10. The van der Waals surface area contributed by atoms with Crippen LogP contribution in [0.5, 0.6) is 11.5 Å². The second-order valence-corrected chi connectivity index (χ2v) is 9.06. The lowest BCUT2D eigenvalue weighted by Crippen LogP contribution is -2.32. The minimum Gasteiger partial charge on any atom is -0.481 e. The number of nitrogens with one attached hydrogen (secondary N) is 2. The van der Waals surface area contributed by atoms with Gasteiger partial charge in [-0.2, -0.15) is 0 Å². The third kappa shape index (κ3) is 7.14. The number of carbonyl (C=O) groups is 2. The summed E-state index contributed by atoms with van der Waals surface area (Å²) in [5.41, 5.74) is 3.36. The third-order valence-corrected chi connectivity index (χ3v) is 6.14. The van der Waals surface area contributed by atoms with Crippen molar-refractivity contribution in [2.24, 2.45) is 0 Å². The second-order valence-electron chi connectivity index (χ2n) is 8.65. The molecule has 0 aliphatic heterocycles. The van der Waals surface area contributed by atoms with Gasteiger partial charge in [0.25, 0.3) is 11.8 Å². The van der Waals surface area contributed by atoms with Crippen molar-refractivity contribution in [2.75, 3.05) is 10.6 Å². The first-order chi connectivity index (χ1) is 18.4. The smallest absolute Gasteiger partial charge is 0.265 e. The van der Waals surface area contributed by atoms with Gasteiger partial charge in [0.2, 0.25) is 0 Å². The van der Waals surface area contributed by atoms with Crippen molar-refractivity contribution in [3.05, 3.63) is 108 Å². The summed E-state index contributed by atoms with van der Waals surface area (Å²) in [4.78, 5) is 25.4. The van der Waals surface area contributed by atoms with Gasteiger partial charge in [0.05, 0.1) is 5.02 Å². The van der Waals surface area contributed by atoms with E-state index in [-0.39, 0.29) is 11.8 Å². The van der Waals surface area contributed by atoms with Crippen molar-refractivity contribution in [1.82, 2.24) is 0 Å². The van der Waals surface area contributed by atoms with Gasteiger partial charge in [-0.05, 0) is 73.0 Å². The highest BCUT2D eigenvalue weighted by Gasteiger charge is 2.19. The number of halogens is 1. The van der Waals surface area contributed by atoms with E-state index in [4.69, 9.17) is 21.1 Å². The van der Waals surface area contributed by atoms with Gasteiger partial charge in [0.15, 0.2) is 12.2 Å². The van der Waals surface area contributed by atoms with E-state index in [1.54, 1.807) is 55.5 Å². The fraction of sp³-hybridized carbons (Fsp3) is 0.161. The van der Waals surface area contributed by atoms with Gasteiger partial charge in [-0.15, -0.1) is 0 Å². The lowest BCUT2D eigenvalue weighted by molar-refractivity contribution is -0.123. The molecular formula is C31H29ClN2O4. The van der Waals surface area contributed by atoms with Crippen LogP contribution >= 0.6 is 11.6 Å². The quantitative estimate of drug-likeness (QED) is 0.228. The molecule has 0 saturated carbocycles. The maximum atomic E-state index is 12.9. The van der Waals surface area contributed by atoms with Crippen molar-refractivity contribution in [2.45, 2.75) is 32.5 Å². The molecule has 38 heavy (non-hydrogen) atoms. The largest absolute Gasteiger partial charge is 0.481 e. The van der Waals surface area contributed by atoms with E-state index in [1.807, 2.05) is 61.5 Å². The van der Waals surface area contributed by atoms with Crippen molar-refractivity contribution in [3.63, 3.8) is 0 Å². The molecule has 0 aromatic heterocycles. The van der Waals surface area contributed by atoms with Crippen LogP contribution in [-0.4, -0.2) is 24.0 Å². The number of hydrogen-bond donors (Lipinski definition) is 2. The van der Waals surface area contributed by atoms with Gasteiger partial charge < -0.3 is 20.1 Å². The first kappa shape index (κ1) is 26.8. The number of ether oxygens (including phenoxy) is 2. The molecule has 7 heteroatoms. The Hall–Kier alpha value is -4.29. The summed E-state index contributed by atoms with van der Waals surface area (Å²) >= 11 is 6.10. The monoisotopic (exact) mass is 528 g/mol. The minimum atomic E-state index is -0.751. The Morgan fingerprint density at radius 3 is 1.87 bits per heavy atom. The van der Waals surface area contributed by atoms with Gasteiger partial charge in [-0.1, -0.05) is 73.1 Å². The zero-order valence-corrected chi connectivity index (χ0v) is 21.9. The van der Waals surface area contributed by atoms with E-state index in [1.165, 1.54) is 0 Å². The van der Waals surface area contributed by atoms with E-state index < -0.39 is 12.2 Å². The van der Waals surface area contributed by atoms with E-state index in [9.17, 15) is 9.59 Å². The SMILES string of the molecule is CCC(Oc1ccc(-c2ccccc2)cc1)C(=O)Nc1ccc(NC(=O)C(C)Oc2ccccc2Cl)cc1. The first-order valence-electron chi connectivity index (χ1n) is 12.4. The molecule has 4 aromatic rings. The normalized spacial score (nSPS) is 12.2. The highest BCUT2D eigenvalue weighted by Crippen LogP contribution is 2.25. The Bertz CT molecular complexity index is 1360. The van der Waals surface area contributed by atoms with Crippen LogP contribution in [0.2, 0.25) is 5.02 Å². The Morgan fingerprint density at radius 2 is 1.26 bits per heavy atom. The van der Waals surface area contributed by atoms with E-state index in [0.717, 1.165) is 11.1 Å². The Balaban J connectivity index is 1.30. The molecule has 2 unspecified atom stereocenters. The van der Waals surface area contributed by atoms with E-state index >= 15 is 0 Å². The molecule has 2 atom stereocenters. The molecule has 4 aromatic carbocycles. The van der Waals surface area contributed by atoms with Crippen molar-refractivity contribution < 1.29 is 19.1 Å². The molecule has 0 saturated heterocycles. The molecule has 0 fully saturated rings. The Morgan fingerprint density at radius 1 is 0.711 bits per heavy atom. The van der Waals surface area contributed by atoms with Crippen molar-refractivity contribution in [1.29, 1.82) is 0 Å². The van der Waals surface area contributed by atoms with Crippen LogP contribution in [0.3, 0.4) is 0 Å². The number of carbonyl (C=O) groups excluding carboxylic acids is 2. The molecule has 194 valence electrons. The topological polar surface area (TPSA) is 76.7 Å². The van der Waals surface area contributed by atoms with Crippen LogP contribution in [0, 0.1) is 0 Å². The lowest BCUT2D eigenvalue weighted by atomic mass is 10.1. The molecule has 0 aliphatic carbocycles. The maximum Gasteiger partial charge on any atom is 0.265 e. The number of hydrogen-bond acceptors (Lipinski definition) is 4. The fourth-order valence-electron chi connectivity index (χ4n) is 3.73. The van der Waals surface area contributed by atoms with Crippen LogP contribution in [-0.2, 0) is 9.59 Å². The zero-order chi connectivity index (χ0) is 26.9. The summed E-state index contributed by atoms with van der Waals surface area (Å²) in [5, 5.41) is 6.11. The van der Waals surface area contributed by atoms with Crippen LogP contribution < -0.4 is 20.1 Å². The molecule has 2 amide bonds. The molecule has 0 heterocycles. The maximum absolute atomic E-state index is 12.9. The summed E-state index contributed by atoms with van der Waals surface area (Å²) < 4.78 is 11.6. The van der Waals surface area contributed by atoms with Gasteiger partial charge in [0.1, 0.15) is 11.5 Å². The average Bonchev–Trinajstić information content (AvgIpc) is 2.94. The average molecular weight is 529 g/mol. The zero-order valence-electron chi connectivity index (χ0n) is 21.2. The summed E-state index contributed by atoms with van der Waals surface area (Å²) in [6.07, 6.45) is -0.901. The Labute approximate surface area is 227 Å². The number of amides is 2. The summed E-state index contributed by atoms with van der Waals surface area (Å²) in [7, 11) is 0. The fourth-order valence-corrected chi connectivity index (χ4v) is 3.91. The highest BCUT2D eigenvalue weighted by atomic mass is 35.5. The summed E-state index contributed by atoms with van der Waals surface area (Å²) in [5.74, 6) is 0.491. The molecule has 0 spiro atoms. The van der Waals surface area contributed by atoms with Crippen molar-refractivity contribution in [3.8, 4) is 22.6 Å². The number of anilines is 2. The molecule has 2 N–H and O–H groups in total. The summed E-state index contributed by atoms with van der Waals surface area (Å²) in [6, 6.07) is 31.6. The predicted molar refractivity (Wildman–Crippen MR) is 152 cm³/mol. The molecule has 6 nitrogen and oxygen atoms in total. The van der Waals surface area contributed by atoms with Gasteiger partial charge in [-0.25, -0.2) is 0 Å². The predicted octanol–water partition coefficient (Wildman–Crippen LogP) is 7.21. The second kappa shape index (κ2) is 12.8. The minimum absolute atomic E-state index is 0.252. The van der Waals surface area contributed by atoms with Crippen molar-refractivity contribution >= 4 is 34.8 Å². The van der Waals surface area contributed by atoms with Crippen LogP contribution in [0.25, 0.3) is 11.1 Å². The van der Waals surface area contributed by atoms with E-state index in [0.29, 0.717) is 34.3 Å². The molecule has 4 rings (SSSR count). The third-order valence-electron chi connectivity index (χ3n) is 5.83. The lowest BCUT2D eigenvalue weighted by Gasteiger charge is -2.18. The first-order valence-corrected chi connectivity index (χ1v) is 12.8. The van der Waals surface area contributed by atoms with Gasteiger partial charge in [0, 0.05) is 11.4 Å². The van der Waals surface area contributed by atoms with Crippen LogP contribution in [0.15, 0.2) is 103 Å². The molecule has 0 aliphatic rings. The standard InChI is InChI=1S/C31H29ClN2O4/c1-3-28(38-26-19-13-23(14-20-26)22-9-5-4-6-10-22)31(36)34-25-17-15-24(16-18-25)33-30(35)21(2)37-29-12-8-7-11-27(29)32/h4-21,28H,3H2,1-2H3,(H,33,35)(H,34,36). The highest BCUT2D eigenvalue weighted by molar-refractivity contribution is 6.32. The molecule has 0 radical (unpaired) electrons. The Kier molecular flexibility index (Phi) is 9.01. The van der Waals surface area contributed by atoms with Gasteiger partial charge in [-0.3, -0.25) is 9.59 Å². The molecular weight excluding hydrogens is 500 g/mol. The number of para-hydroxylation sites is 1. The number of benzene rings is 4. The van der Waals surface area contributed by atoms with Crippen LogP contribution in [0.4, 0.5) is 11.4 Å². The summed E-state index contributed by atoms with van der Waals surface area (Å²) in [6.45, 7) is 3.54.